The molecular formula is C13H20F2O3. The van der Waals surface area contributed by atoms with Crippen molar-refractivity contribution in [2.45, 2.75) is 33.8 Å². The molecule has 3 nitrogen and oxygen atoms in total. The molecule has 0 radical (unpaired) electrons. The molecule has 0 fully saturated rings. The van der Waals surface area contributed by atoms with Gasteiger partial charge in [0.25, 0.3) is 0 Å². The Morgan fingerprint density at radius 3 is 2.44 bits per heavy atom. The normalized spacial score (nSPS) is 9.72. The number of hydrogen-bond donors (Lipinski definition) is 1. The summed E-state index contributed by atoms with van der Waals surface area (Å²) in [6, 6.07) is 4.80. The van der Waals surface area contributed by atoms with Crippen molar-refractivity contribution in [2.75, 3.05) is 13.2 Å². The maximum Gasteiger partial charge on any atom is 0.387 e. The van der Waals surface area contributed by atoms with Gasteiger partial charge in [-0.05, 0) is 24.6 Å². The van der Waals surface area contributed by atoms with Crippen molar-refractivity contribution in [3.05, 3.63) is 23.8 Å². The molecule has 1 rings (SSSR count). The summed E-state index contributed by atoms with van der Waals surface area (Å²) in [7, 11) is 0. The van der Waals surface area contributed by atoms with Gasteiger partial charge in [0, 0.05) is 13.0 Å². The van der Waals surface area contributed by atoms with E-state index >= 15 is 0 Å². The van der Waals surface area contributed by atoms with Gasteiger partial charge in [-0.1, -0.05) is 19.9 Å². The van der Waals surface area contributed by atoms with Crippen LogP contribution in [0.1, 0.15) is 25.8 Å². The lowest BCUT2D eigenvalue weighted by Crippen LogP contribution is -2.06. The Morgan fingerprint density at radius 1 is 1.22 bits per heavy atom. The van der Waals surface area contributed by atoms with Crippen LogP contribution >= 0.6 is 0 Å². The number of aliphatic hydroxyl groups is 1. The van der Waals surface area contributed by atoms with Crippen molar-refractivity contribution < 1.29 is 23.4 Å². The molecule has 0 aliphatic carbocycles. The van der Waals surface area contributed by atoms with Gasteiger partial charge < -0.3 is 14.6 Å². The second-order valence-corrected chi connectivity index (χ2v) is 3.25. The van der Waals surface area contributed by atoms with Crippen LogP contribution in [-0.4, -0.2) is 24.9 Å². The van der Waals surface area contributed by atoms with E-state index in [2.05, 4.69) is 4.74 Å². The van der Waals surface area contributed by atoms with E-state index in [1.165, 1.54) is 6.07 Å². The molecule has 0 aromatic heterocycles. The Balaban J connectivity index is 0.00000137. The fourth-order valence-electron chi connectivity index (χ4n) is 1.17. The molecule has 104 valence electrons. The minimum absolute atomic E-state index is 0.00308. The SMILES string of the molecule is CC.Cc1ccc(OCCCO)c(OC(F)F)c1. The van der Waals surface area contributed by atoms with E-state index in [1.54, 1.807) is 19.1 Å². The lowest BCUT2D eigenvalue weighted by atomic mass is 10.2. The molecule has 1 aromatic rings. The molecular weight excluding hydrogens is 242 g/mol. The molecule has 1 aromatic carbocycles. The average Bonchev–Trinajstić information content (AvgIpc) is 2.34. The predicted molar refractivity (Wildman–Crippen MR) is 66.4 cm³/mol. The van der Waals surface area contributed by atoms with Crippen LogP contribution in [0.15, 0.2) is 18.2 Å². The van der Waals surface area contributed by atoms with E-state index in [0.717, 1.165) is 5.56 Å². The number of aliphatic hydroxyl groups excluding tert-OH is 1. The highest BCUT2D eigenvalue weighted by Crippen LogP contribution is 2.29. The smallest absolute Gasteiger partial charge is 0.387 e. The first-order valence-electron chi connectivity index (χ1n) is 5.92. The summed E-state index contributed by atoms with van der Waals surface area (Å²) in [5, 5.41) is 8.57. The fourth-order valence-corrected chi connectivity index (χ4v) is 1.17. The second-order valence-electron chi connectivity index (χ2n) is 3.25. The van der Waals surface area contributed by atoms with E-state index in [9.17, 15) is 8.78 Å². The largest absolute Gasteiger partial charge is 0.490 e. The van der Waals surface area contributed by atoms with Crippen molar-refractivity contribution in [2.24, 2.45) is 0 Å². The van der Waals surface area contributed by atoms with Gasteiger partial charge in [-0.15, -0.1) is 0 Å². The Labute approximate surface area is 106 Å². The number of aryl methyl sites for hydroxylation is 1. The third-order valence-electron chi connectivity index (χ3n) is 1.88. The minimum atomic E-state index is -2.87. The van der Waals surface area contributed by atoms with Crippen LogP contribution in [0.4, 0.5) is 8.78 Å². The molecule has 0 spiro atoms. The van der Waals surface area contributed by atoms with Crippen LogP contribution in [0.5, 0.6) is 11.5 Å². The summed E-state index contributed by atoms with van der Waals surface area (Å²) in [4.78, 5) is 0. The summed E-state index contributed by atoms with van der Waals surface area (Å²) in [5.41, 5.74) is 0.810. The number of halogens is 2. The van der Waals surface area contributed by atoms with Gasteiger partial charge in [0.2, 0.25) is 0 Å². The molecule has 0 aliphatic rings. The summed E-state index contributed by atoms with van der Waals surface area (Å²) < 4.78 is 33.8. The maximum absolute atomic E-state index is 12.1. The van der Waals surface area contributed by atoms with Gasteiger partial charge in [-0.25, -0.2) is 0 Å². The quantitative estimate of drug-likeness (QED) is 0.799. The van der Waals surface area contributed by atoms with Crippen molar-refractivity contribution in [1.82, 2.24) is 0 Å². The molecule has 0 bridgehead atoms. The highest BCUT2D eigenvalue weighted by atomic mass is 19.3. The van der Waals surface area contributed by atoms with E-state index < -0.39 is 6.61 Å². The van der Waals surface area contributed by atoms with Crippen molar-refractivity contribution >= 4 is 0 Å². The molecule has 0 heterocycles. The van der Waals surface area contributed by atoms with E-state index in [4.69, 9.17) is 9.84 Å². The van der Waals surface area contributed by atoms with E-state index in [0.29, 0.717) is 6.42 Å². The van der Waals surface area contributed by atoms with Gasteiger partial charge in [0.15, 0.2) is 11.5 Å². The Morgan fingerprint density at radius 2 is 1.89 bits per heavy atom. The average molecular weight is 262 g/mol. The number of benzene rings is 1. The summed E-state index contributed by atoms with van der Waals surface area (Å²) in [6.07, 6.45) is 0.446. The first-order chi connectivity index (χ1) is 8.63. The minimum Gasteiger partial charge on any atom is -0.490 e. The van der Waals surface area contributed by atoms with E-state index in [1.807, 2.05) is 13.8 Å². The molecule has 0 atom stereocenters. The number of alkyl halides is 2. The second kappa shape index (κ2) is 9.65. The van der Waals surface area contributed by atoms with Gasteiger partial charge in [-0.3, -0.25) is 0 Å². The molecule has 18 heavy (non-hydrogen) atoms. The number of hydrogen-bond acceptors (Lipinski definition) is 3. The Kier molecular flexibility index (Phi) is 8.92. The highest BCUT2D eigenvalue weighted by Gasteiger charge is 2.10. The first-order valence-corrected chi connectivity index (χ1v) is 5.92. The zero-order valence-corrected chi connectivity index (χ0v) is 11.0. The molecule has 0 unspecified atom stereocenters. The lowest BCUT2D eigenvalue weighted by Gasteiger charge is -2.12. The van der Waals surface area contributed by atoms with Crippen molar-refractivity contribution in [3.63, 3.8) is 0 Å². The first kappa shape index (κ1) is 16.6. The van der Waals surface area contributed by atoms with Crippen molar-refractivity contribution in [3.8, 4) is 11.5 Å². The molecule has 5 heteroatoms. The van der Waals surface area contributed by atoms with Crippen LogP contribution in [0.2, 0.25) is 0 Å². The van der Waals surface area contributed by atoms with Crippen LogP contribution < -0.4 is 9.47 Å². The number of ether oxygens (including phenoxy) is 2. The van der Waals surface area contributed by atoms with Crippen LogP contribution in [0, 0.1) is 6.92 Å². The van der Waals surface area contributed by atoms with E-state index in [-0.39, 0.29) is 24.7 Å². The third-order valence-corrected chi connectivity index (χ3v) is 1.88. The zero-order valence-electron chi connectivity index (χ0n) is 11.0. The molecule has 0 aliphatic heterocycles. The third kappa shape index (κ3) is 6.39. The van der Waals surface area contributed by atoms with Gasteiger partial charge in [-0.2, -0.15) is 8.78 Å². The van der Waals surface area contributed by atoms with Gasteiger partial charge in [0.05, 0.1) is 6.61 Å². The van der Waals surface area contributed by atoms with Crippen LogP contribution in [-0.2, 0) is 0 Å². The topological polar surface area (TPSA) is 38.7 Å². The van der Waals surface area contributed by atoms with Crippen LogP contribution in [0.25, 0.3) is 0 Å². The molecule has 0 saturated carbocycles. The van der Waals surface area contributed by atoms with Crippen LogP contribution in [0.3, 0.4) is 0 Å². The lowest BCUT2D eigenvalue weighted by molar-refractivity contribution is -0.0515. The van der Waals surface area contributed by atoms with Crippen molar-refractivity contribution in [1.29, 1.82) is 0 Å². The highest BCUT2D eigenvalue weighted by molar-refractivity contribution is 5.42. The molecule has 0 saturated heterocycles. The molecule has 0 amide bonds. The monoisotopic (exact) mass is 262 g/mol. The van der Waals surface area contributed by atoms with Gasteiger partial charge >= 0.3 is 6.61 Å². The van der Waals surface area contributed by atoms with Gasteiger partial charge in [0.1, 0.15) is 0 Å². The predicted octanol–water partition coefficient (Wildman–Crippen LogP) is 3.38. The summed E-state index contributed by atoms with van der Waals surface area (Å²) in [6.45, 7) is 3.16. The standard InChI is InChI=1S/C11H14F2O3.C2H6/c1-8-3-4-9(15-6-2-5-14)10(7-8)16-11(12)13;1-2/h3-4,7,11,14H,2,5-6H2,1H3;1-2H3. The fraction of sp³-hybridized carbons (Fsp3) is 0.538. The molecule has 1 N–H and O–H groups in total. The maximum atomic E-state index is 12.1. The zero-order chi connectivity index (χ0) is 14.0. The summed E-state index contributed by atoms with van der Waals surface area (Å²) in [5.74, 6) is 0.285. The Bertz CT molecular complexity index is 330. The summed E-state index contributed by atoms with van der Waals surface area (Å²) >= 11 is 0. The number of rotatable bonds is 6. The Hall–Kier alpha value is -1.36.